The molecule has 22 heavy (non-hydrogen) atoms. The van der Waals surface area contributed by atoms with Crippen molar-refractivity contribution in [3.05, 3.63) is 77.1 Å². The molecule has 5 heteroatoms. The molecule has 4 nitrogen and oxygen atoms in total. The highest BCUT2D eigenvalue weighted by atomic mass is 35.5. The molecule has 4 rings (SSSR count). The van der Waals surface area contributed by atoms with Crippen LogP contribution in [0.5, 0.6) is 0 Å². The van der Waals surface area contributed by atoms with Crippen LogP contribution in [0.15, 0.2) is 60.9 Å². The molecular weight excluding hydrogens is 296 g/mol. The van der Waals surface area contributed by atoms with Gasteiger partial charge in [-0.05, 0) is 29.7 Å². The Balaban J connectivity index is 1.73. The summed E-state index contributed by atoms with van der Waals surface area (Å²) in [5.41, 5.74) is 2.45. The minimum atomic E-state index is 0.154. The van der Waals surface area contributed by atoms with E-state index in [1.165, 1.54) is 11.1 Å². The van der Waals surface area contributed by atoms with Gasteiger partial charge in [0.1, 0.15) is 6.33 Å². The van der Waals surface area contributed by atoms with Gasteiger partial charge in [-0.15, -0.1) is 0 Å². The zero-order chi connectivity index (χ0) is 14.9. The van der Waals surface area contributed by atoms with Crippen LogP contribution in [0.3, 0.4) is 0 Å². The Kier molecular flexibility index (Phi) is 3.31. The Bertz CT molecular complexity index is 767. The monoisotopic (exact) mass is 310 g/mol. The smallest absolute Gasteiger partial charge is 0.222 e. The molecule has 0 spiro atoms. The summed E-state index contributed by atoms with van der Waals surface area (Å²) in [7, 11) is 0. The Morgan fingerprint density at radius 1 is 1.00 bits per heavy atom. The summed E-state index contributed by atoms with van der Waals surface area (Å²) >= 11 is 6.01. The van der Waals surface area contributed by atoms with E-state index in [9.17, 15) is 0 Å². The minimum Gasteiger partial charge on any atom is -0.348 e. The lowest BCUT2D eigenvalue weighted by Gasteiger charge is -2.31. The maximum atomic E-state index is 6.01. The van der Waals surface area contributed by atoms with E-state index < -0.39 is 0 Å². The van der Waals surface area contributed by atoms with Crippen molar-refractivity contribution >= 4 is 17.5 Å². The van der Waals surface area contributed by atoms with Crippen molar-refractivity contribution in [2.75, 3.05) is 5.32 Å². The maximum Gasteiger partial charge on any atom is 0.222 e. The van der Waals surface area contributed by atoms with Crippen LogP contribution in [0.1, 0.15) is 29.6 Å². The van der Waals surface area contributed by atoms with Crippen molar-refractivity contribution in [2.45, 2.75) is 18.5 Å². The van der Waals surface area contributed by atoms with Gasteiger partial charge in [0, 0.05) is 5.02 Å². The number of aromatic nitrogens is 3. The average Bonchev–Trinajstić information content (AvgIpc) is 3.04. The molecule has 0 aliphatic carbocycles. The molecule has 2 heterocycles. The Labute approximate surface area is 133 Å². The molecular formula is C17H15ClN4. The van der Waals surface area contributed by atoms with E-state index in [2.05, 4.69) is 51.8 Å². The van der Waals surface area contributed by atoms with Crippen molar-refractivity contribution in [1.82, 2.24) is 14.8 Å². The first-order valence-electron chi connectivity index (χ1n) is 7.28. The number of nitrogens with one attached hydrogen (secondary N) is 1. The highest BCUT2D eigenvalue weighted by Gasteiger charge is 2.29. The fourth-order valence-corrected chi connectivity index (χ4v) is 3.11. The van der Waals surface area contributed by atoms with Gasteiger partial charge in [0.2, 0.25) is 5.95 Å². The first-order valence-corrected chi connectivity index (χ1v) is 7.65. The molecule has 1 aliphatic heterocycles. The maximum absolute atomic E-state index is 6.01. The molecule has 0 radical (unpaired) electrons. The lowest BCUT2D eigenvalue weighted by atomic mass is 9.93. The van der Waals surface area contributed by atoms with Crippen molar-refractivity contribution in [3.8, 4) is 0 Å². The second kappa shape index (κ2) is 5.46. The zero-order valence-electron chi connectivity index (χ0n) is 11.9. The molecule has 0 saturated carbocycles. The van der Waals surface area contributed by atoms with Crippen molar-refractivity contribution in [2.24, 2.45) is 0 Å². The SMILES string of the molecule is Clc1ccc([C@H]2C[C@@H](c3ccccc3)Nc3ncnn32)cc1. The molecule has 1 N–H and O–H groups in total. The van der Waals surface area contributed by atoms with Crippen LogP contribution in [-0.4, -0.2) is 14.8 Å². The van der Waals surface area contributed by atoms with Crippen LogP contribution in [0, 0.1) is 0 Å². The van der Waals surface area contributed by atoms with Crippen LogP contribution in [0.25, 0.3) is 0 Å². The van der Waals surface area contributed by atoms with Crippen LogP contribution >= 0.6 is 11.6 Å². The number of fused-ring (bicyclic) bond motifs is 1. The number of anilines is 1. The summed E-state index contributed by atoms with van der Waals surface area (Å²) in [5.74, 6) is 0.806. The van der Waals surface area contributed by atoms with Gasteiger partial charge >= 0.3 is 0 Å². The molecule has 0 amide bonds. The summed E-state index contributed by atoms with van der Waals surface area (Å²) < 4.78 is 1.95. The molecule has 1 aliphatic rings. The predicted molar refractivity (Wildman–Crippen MR) is 87.0 cm³/mol. The molecule has 0 saturated heterocycles. The quantitative estimate of drug-likeness (QED) is 0.775. The third-order valence-electron chi connectivity index (χ3n) is 4.09. The van der Waals surface area contributed by atoms with Crippen LogP contribution < -0.4 is 5.32 Å². The fraction of sp³-hybridized carbons (Fsp3) is 0.176. The van der Waals surface area contributed by atoms with E-state index in [0.29, 0.717) is 0 Å². The van der Waals surface area contributed by atoms with E-state index >= 15 is 0 Å². The van der Waals surface area contributed by atoms with E-state index in [0.717, 1.165) is 17.4 Å². The predicted octanol–water partition coefficient (Wildman–Crippen LogP) is 4.08. The summed E-state index contributed by atoms with van der Waals surface area (Å²) in [6, 6.07) is 18.8. The molecule has 0 unspecified atom stereocenters. The summed E-state index contributed by atoms with van der Waals surface area (Å²) in [4.78, 5) is 4.34. The normalized spacial score (nSPS) is 20.2. The second-order valence-corrected chi connectivity index (χ2v) is 5.88. The van der Waals surface area contributed by atoms with Gasteiger partial charge in [-0.1, -0.05) is 54.1 Å². The number of rotatable bonds is 2. The fourth-order valence-electron chi connectivity index (χ4n) is 2.99. The van der Waals surface area contributed by atoms with E-state index in [1.807, 2.05) is 22.9 Å². The number of halogens is 1. The summed E-state index contributed by atoms with van der Waals surface area (Å²) in [5, 5.41) is 8.59. The molecule has 110 valence electrons. The van der Waals surface area contributed by atoms with Crippen molar-refractivity contribution in [1.29, 1.82) is 0 Å². The van der Waals surface area contributed by atoms with Crippen molar-refractivity contribution < 1.29 is 0 Å². The molecule has 0 bridgehead atoms. The number of hydrogen-bond donors (Lipinski definition) is 1. The Morgan fingerprint density at radius 3 is 2.55 bits per heavy atom. The van der Waals surface area contributed by atoms with Crippen LogP contribution in [0.2, 0.25) is 5.02 Å². The van der Waals surface area contributed by atoms with Crippen LogP contribution in [0.4, 0.5) is 5.95 Å². The third-order valence-corrected chi connectivity index (χ3v) is 4.34. The van der Waals surface area contributed by atoms with Gasteiger partial charge in [-0.3, -0.25) is 0 Å². The lowest BCUT2D eigenvalue weighted by molar-refractivity contribution is 0.431. The number of benzene rings is 2. The van der Waals surface area contributed by atoms with Gasteiger partial charge in [-0.25, -0.2) is 4.68 Å². The van der Waals surface area contributed by atoms with Gasteiger partial charge in [0.05, 0.1) is 12.1 Å². The summed E-state index contributed by atoms with van der Waals surface area (Å²) in [6.07, 6.45) is 2.51. The van der Waals surface area contributed by atoms with Gasteiger partial charge < -0.3 is 5.32 Å². The molecule has 2 aromatic carbocycles. The van der Waals surface area contributed by atoms with Crippen LogP contribution in [-0.2, 0) is 0 Å². The van der Waals surface area contributed by atoms with Gasteiger partial charge in [0.25, 0.3) is 0 Å². The highest BCUT2D eigenvalue weighted by molar-refractivity contribution is 6.30. The molecule has 1 aromatic heterocycles. The Hall–Kier alpha value is -2.33. The minimum absolute atomic E-state index is 0.154. The second-order valence-electron chi connectivity index (χ2n) is 5.44. The average molecular weight is 311 g/mol. The Morgan fingerprint density at radius 2 is 1.77 bits per heavy atom. The van der Waals surface area contributed by atoms with E-state index in [4.69, 9.17) is 11.6 Å². The first kappa shape index (κ1) is 13.3. The topological polar surface area (TPSA) is 42.7 Å². The van der Waals surface area contributed by atoms with Gasteiger partial charge in [0.15, 0.2) is 0 Å². The zero-order valence-corrected chi connectivity index (χ0v) is 12.6. The number of hydrogen-bond acceptors (Lipinski definition) is 3. The van der Waals surface area contributed by atoms with E-state index in [-0.39, 0.29) is 12.1 Å². The van der Waals surface area contributed by atoms with Crippen molar-refractivity contribution in [3.63, 3.8) is 0 Å². The number of nitrogens with zero attached hydrogens (tertiary/aromatic N) is 3. The first-order chi connectivity index (χ1) is 10.8. The van der Waals surface area contributed by atoms with E-state index in [1.54, 1.807) is 6.33 Å². The molecule has 0 fully saturated rings. The van der Waals surface area contributed by atoms with Gasteiger partial charge in [-0.2, -0.15) is 10.1 Å². The largest absolute Gasteiger partial charge is 0.348 e. The standard InChI is InChI=1S/C17H15ClN4/c18-14-8-6-13(7-9-14)16-10-15(12-4-2-1-3-5-12)21-17-19-11-20-22(16)17/h1-9,11,15-16H,10H2,(H,19,20,21)/t15-,16+/m0/s1. The molecule has 2 atom stereocenters. The lowest BCUT2D eigenvalue weighted by Crippen LogP contribution is -2.28. The summed E-state index contributed by atoms with van der Waals surface area (Å²) in [6.45, 7) is 0. The highest BCUT2D eigenvalue weighted by Crippen LogP contribution is 2.37. The third kappa shape index (κ3) is 2.35. The molecule has 3 aromatic rings.